The van der Waals surface area contributed by atoms with Gasteiger partial charge < -0.3 is 9.64 Å². The van der Waals surface area contributed by atoms with Gasteiger partial charge in [-0.2, -0.15) is 0 Å². The van der Waals surface area contributed by atoms with Gasteiger partial charge in [0.2, 0.25) is 0 Å². The Kier molecular flexibility index (Phi) is 5.21. The molecule has 3 rings (SSSR count). The van der Waals surface area contributed by atoms with Crippen molar-refractivity contribution in [1.82, 2.24) is 9.80 Å². The van der Waals surface area contributed by atoms with Gasteiger partial charge in [-0.1, -0.05) is 19.3 Å². The number of aryl methyl sites for hydroxylation is 1. The third kappa shape index (κ3) is 3.69. The largest absolute Gasteiger partial charge is 0.496 e. The summed E-state index contributed by atoms with van der Waals surface area (Å²) in [5.74, 6) is 0.989. The van der Waals surface area contributed by atoms with Gasteiger partial charge in [0.1, 0.15) is 5.75 Å². The Bertz CT molecular complexity index is 544. The van der Waals surface area contributed by atoms with Crippen molar-refractivity contribution in [3.63, 3.8) is 0 Å². The third-order valence-electron chi connectivity index (χ3n) is 5.33. The van der Waals surface area contributed by atoms with Crippen LogP contribution in [0.15, 0.2) is 18.2 Å². The second-order valence-corrected chi connectivity index (χ2v) is 6.80. The van der Waals surface area contributed by atoms with Crippen LogP contribution in [0, 0.1) is 6.92 Å². The van der Waals surface area contributed by atoms with E-state index in [4.69, 9.17) is 4.74 Å². The molecule has 1 aromatic rings. The third-order valence-corrected chi connectivity index (χ3v) is 5.33. The van der Waals surface area contributed by atoms with Gasteiger partial charge in [-0.15, -0.1) is 0 Å². The van der Waals surface area contributed by atoms with E-state index >= 15 is 0 Å². The van der Waals surface area contributed by atoms with Gasteiger partial charge in [-0.3, -0.25) is 9.69 Å². The van der Waals surface area contributed by atoms with Gasteiger partial charge in [0.05, 0.1) is 7.11 Å². The molecule has 2 aliphatic rings. The number of nitrogens with zero attached hydrogens (tertiary/aromatic N) is 2. The number of methoxy groups -OCH3 is 1. The van der Waals surface area contributed by atoms with E-state index in [1.54, 1.807) is 7.11 Å². The molecular formula is C19H28N2O2. The zero-order chi connectivity index (χ0) is 16.2. The van der Waals surface area contributed by atoms with Gasteiger partial charge in [-0.05, 0) is 43.5 Å². The predicted octanol–water partition coefficient (Wildman–Crippen LogP) is 3.09. The van der Waals surface area contributed by atoms with Crippen LogP contribution in [0.4, 0.5) is 0 Å². The van der Waals surface area contributed by atoms with Crippen LogP contribution in [0.1, 0.15) is 48.0 Å². The smallest absolute Gasteiger partial charge is 0.253 e. The summed E-state index contributed by atoms with van der Waals surface area (Å²) in [4.78, 5) is 17.3. The lowest BCUT2D eigenvalue weighted by molar-refractivity contribution is 0.0523. The standard InChI is InChI=1S/C19H28N2O2/c1-15-14-16(8-9-18(15)23-2)19(22)21-12-10-20(11-13-21)17-6-4-3-5-7-17/h8-9,14,17H,3-7,10-13H2,1-2H3. The second-order valence-electron chi connectivity index (χ2n) is 6.80. The Hall–Kier alpha value is -1.55. The van der Waals surface area contributed by atoms with Crippen molar-refractivity contribution in [3.8, 4) is 5.75 Å². The number of piperazine rings is 1. The number of ether oxygens (including phenoxy) is 1. The monoisotopic (exact) mass is 316 g/mol. The molecule has 0 radical (unpaired) electrons. The van der Waals surface area contributed by atoms with E-state index in [1.165, 1.54) is 32.1 Å². The van der Waals surface area contributed by atoms with E-state index in [0.717, 1.165) is 49.1 Å². The average molecular weight is 316 g/mol. The number of amides is 1. The first-order valence-corrected chi connectivity index (χ1v) is 8.87. The Labute approximate surface area is 139 Å². The Balaban J connectivity index is 1.58. The van der Waals surface area contributed by atoms with Crippen LogP contribution in [-0.2, 0) is 0 Å². The van der Waals surface area contributed by atoms with Crippen molar-refractivity contribution < 1.29 is 9.53 Å². The first kappa shape index (κ1) is 16.3. The summed E-state index contributed by atoms with van der Waals surface area (Å²) in [5, 5.41) is 0. The van der Waals surface area contributed by atoms with Crippen LogP contribution in [0.2, 0.25) is 0 Å². The van der Waals surface area contributed by atoms with Crippen LogP contribution in [0.5, 0.6) is 5.75 Å². The number of rotatable bonds is 3. The van der Waals surface area contributed by atoms with E-state index in [1.807, 2.05) is 30.0 Å². The zero-order valence-corrected chi connectivity index (χ0v) is 14.4. The van der Waals surface area contributed by atoms with E-state index in [-0.39, 0.29) is 5.91 Å². The fraction of sp³-hybridized carbons (Fsp3) is 0.632. The van der Waals surface area contributed by atoms with Crippen molar-refractivity contribution in [2.45, 2.75) is 45.1 Å². The van der Waals surface area contributed by atoms with E-state index in [9.17, 15) is 4.79 Å². The number of benzene rings is 1. The molecule has 1 aliphatic carbocycles. The predicted molar refractivity (Wildman–Crippen MR) is 92.1 cm³/mol. The molecule has 0 bridgehead atoms. The molecule has 1 saturated heterocycles. The second kappa shape index (κ2) is 7.35. The van der Waals surface area contributed by atoms with Gasteiger partial charge >= 0.3 is 0 Å². The fourth-order valence-electron chi connectivity index (χ4n) is 3.93. The van der Waals surface area contributed by atoms with Gasteiger partial charge in [0.15, 0.2) is 0 Å². The molecule has 0 spiro atoms. The highest BCUT2D eigenvalue weighted by atomic mass is 16.5. The van der Waals surface area contributed by atoms with Crippen molar-refractivity contribution >= 4 is 5.91 Å². The van der Waals surface area contributed by atoms with Crippen molar-refractivity contribution in [3.05, 3.63) is 29.3 Å². The molecule has 0 unspecified atom stereocenters. The Morgan fingerprint density at radius 3 is 2.39 bits per heavy atom. The average Bonchev–Trinajstić information content (AvgIpc) is 2.62. The fourth-order valence-corrected chi connectivity index (χ4v) is 3.93. The molecule has 0 atom stereocenters. The summed E-state index contributed by atoms with van der Waals surface area (Å²) in [5.41, 5.74) is 1.79. The minimum absolute atomic E-state index is 0.152. The molecule has 23 heavy (non-hydrogen) atoms. The van der Waals surface area contributed by atoms with Gasteiger partial charge in [0.25, 0.3) is 5.91 Å². The minimum Gasteiger partial charge on any atom is -0.496 e. The molecule has 1 amide bonds. The summed E-state index contributed by atoms with van der Waals surface area (Å²) < 4.78 is 5.27. The van der Waals surface area contributed by atoms with Gasteiger partial charge in [-0.25, -0.2) is 0 Å². The molecule has 4 heteroatoms. The maximum Gasteiger partial charge on any atom is 0.253 e. The summed E-state index contributed by atoms with van der Waals surface area (Å²) in [6, 6.07) is 6.46. The SMILES string of the molecule is COc1ccc(C(=O)N2CCN(C3CCCCC3)CC2)cc1C. The van der Waals surface area contributed by atoms with Crippen molar-refractivity contribution in [2.24, 2.45) is 0 Å². The normalized spacial score (nSPS) is 20.5. The molecule has 2 fully saturated rings. The molecule has 1 saturated carbocycles. The maximum atomic E-state index is 12.7. The van der Waals surface area contributed by atoms with E-state index in [0.29, 0.717) is 0 Å². The Morgan fingerprint density at radius 2 is 1.78 bits per heavy atom. The summed E-state index contributed by atoms with van der Waals surface area (Å²) in [6.07, 6.45) is 6.81. The van der Waals surface area contributed by atoms with Crippen LogP contribution in [0.25, 0.3) is 0 Å². The topological polar surface area (TPSA) is 32.8 Å². The lowest BCUT2D eigenvalue weighted by Gasteiger charge is -2.40. The highest BCUT2D eigenvalue weighted by Gasteiger charge is 2.27. The van der Waals surface area contributed by atoms with Gasteiger partial charge in [0, 0.05) is 37.8 Å². The van der Waals surface area contributed by atoms with Crippen LogP contribution >= 0.6 is 0 Å². The van der Waals surface area contributed by atoms with Crippen LogP contribution < -0.4 is 4.74 Å². The highest BCUT2D eigenvalue weighted by Crippen LogP contribution is 2.24. The van der Waals surface area contributed by atoms with E-state index in [2.05, 4.69) is 4.90 Å². The zero-order valence-electron chi connectivity index (χ0n) is 14.4. The number of carbonyl (C=O) groups excluding carboxylic acids is 1. The molecule has 1 aromatic carbocycles. The minimum atomic E-state index is 0.152. The van der Waals surface area contributed by atoms with Crippen molar-refractivity contribution in [1.29, 1.82) is 0 Å². The molecule has 126 valence electrons. The number of hydrogen-bond donors (Lipinski definition) is 0. The summed E-state index contributed by atoms with van der Waals surface area (Å²) >= 11 is 0. The molecule has 1 aliphatic heterocycles. The summed E-state index contributed by atoms with van der Waals surface area (Å²) in [6.45, 7) is 5.72. The highest BCUT2D eigenvalue weighted by molar-refractivity contribution is 5.94. The first-order valence-electron chi connectivity index (χ1n) is 8.87. The molecule has 1 heterocycles. The van der Waals surface area contributed by atoms with E-state index < -0.39 is 0 Å². The molecule has 0 aromatic heterocycles. The lowest BCUT2D eigenvalue weighted by Crippen LogP contribution is -2.52. The van der Waals surface area contributed by atoms with Crippen molar-refractivity contribution in [2.75, 3.05) is 33.3 Å². The Morgan fingerprint density at radius 1 is 1.09 bits per heavy atom. The van der Waals surface area contributed by atoms with Crippen LogP contribution in [0.3, 0.4) is 0 Å². The van der Waals surface area contributed by atoms with Crippen LogP contribution in [-0.4, -0.2) is 55.0 Å². The quantitative estimate of drug-likeness (QED) is 0.859. The summed E-state index contributed by atoms with van der Waals surface area (Å²) in [7, 11) is 1.66. The molecule has 0 N–H and O–H groups in total. The molecule has 4 nitrogen and oxygen atoms in total. The maximum absolute atomic E-state index is 12.7. The number of carbonyl (C=O) groups is 1. The number of hydrogen-bond acceptors (Lipinski definition) is 3. The lowest BCUT2D eigenvalue weighted by atomic mass is 9.94. The first-order chi connectivity index (χ1) is 11.2. The molecular weight excluding hydrogens is 288 g/mol.